The first-order valence-electron chi connectivity index (χ1n) is 6.55. The lowest BCUT2D eigenvalue weighted by Crippen LogP contribution is -2.34. The number of likely N-dealkylation sites (tertiary alicyclic amines) is 1. The van der Waals surface area contributed by atoms with E-state index in [0.717, 1.165) is 23.1 Å². The van der Waals surface area contributed by atoms with Crippen LogP contribution < -0.4 is 0 Å². The minimum absolute atomic E-state index is 0.155. The van der Waals surface area contributed by atoms with Gasteiger partial charge in [0.15, 0.2) is 0 Å². The minimum atomic E-state index is -4.76. The molecule has 7 nitrogen and oxygen atoms in total. The molecule has 1 N–H and O–H groups in total. The van der Waals surface area contributed by atoms with Crippen molar-refractivity contribution < 1.29 is 32.8 Å². The van der Waals surface area contributed by atoms with E-state index in [1.807, 2.05) is 0 Å². The van der Waals surface area contributed by atoms with Crippen LogP contribution >= 0.6 is 11.6 Å². The van der Waals surface area contributed by atoms with Gasteiger partial charge in [0.25, 0.3) is 11.6 Å². The summed E-state index contributed by atoms with van der Waals surface area (Å²) in [4.78, 5) is 33.9. The number of carboxylic acid groups (broad SMARTS) is 1. The molecule has 0 radical (unpaired) electrons. The Kier molecular flexibility index (Phi) is 4.70. The first-order valence-corrected chi connectivity index (χ1v) is 6.93. The van der Waals surface area contributed by atoms with Gasteiger partial charge in [-0.3, -0.25) is 19.7 Å². The number of benzene rings is 1. The SMILES string of the molecule is O=C(O)[C@@H]1CN(C(=O)c2ccc([N+](=O)[O-])c(Cl)c2)C[C@H]1C(F)(F)F. The number of carboxylic acids is 1. The summed E-state index contributed by atoms with van der Waals surface area (Å²) in [5.74, 6) is -6.45. The van der Waals surface area contributed by atoms with Crippen LogP contribution in [0.3, 0.4) is 0 Å². The number of carbonyl (C=O) groups is 2. The summed E-state index contributed by atoms with van der Waals surface area (Å²) in [5.41, 5.74) is -0.608. The molecule has 2 rings (SSSR count). The first kappa shape index (κ1) is 18.0. The molecule has 1 aliphatic heterocycles. The smallest absolute Gasteiger partial charge is 0.394 e. The van der Waals surface area contributed by atoms with E-state index in [2.05, 4.69) is 0 Å². The van der Waals surface area contributed by atoms with Crippen molar-refractivity contribution in [1.82, 2.24) is 4.90 Å². The minimum Gasteiger partial charge on any atom is -0.481 e. The molecule has 0 aromatic heterocycles. The zero-order valence-electron chi connectivity index (χ0n) is 11.8. The highest BCUT2D eigenvalue weighted by Gasteiger charge is 2.53. The molecule has 1 aromatic rings. The number of hydrogen-bond donors (Lipinski definition) is 1. The number of nitrogens with zero attached hydrogens (tertiary/aromatic N) is 2. The molecule has 0 aliphatic carbocycles. The third-order valence-electron chi connectivity index (χ3n) is 3.74. The summed E-state index contributed by atoms with van der Waals surface area (Å²) in [5, 5.41) is 19.3. The van der Waals surface area contributed by atoms with Crippen LogP contribution in [0.2, 0.25) is 5.02 Å². The van der Waals surface area contributed by atoms with Gasteiger partial charge in [0.1, 0.15) is 5.02 Å². The third kappa shape index (κ3) is 3.42. The second kappa shape index (κ2) is 6.27. The summed E-state index contributed by atoms with van der Waals surface area (Å²) in [6, 6.07) is 2.99. The Balaban J connectivity index is 2.26. The Morgan fingerprint density at radius 1 is 1.33 bits per heavy atom. The summed E-state index contributed by atoms with van der Waals surface area (Å²) in [6.07, 6.45) is -4.76. The average Bonchev–Trinajstić information content (AvgIpc) is 2.91. The van der Waals surface area contributed by atoms with E-state index < -0.39 is 53.6 Å². The monoisotopic (exact) mass is 366 g/mol. The zero-order chi connectivity index (χ0) is 18.2. The molecule has 1 aromatic carbocycles. The molecule has 130 valence electrons. The average molecular weight is 367 g/mol. The Morgan fingerprint density at radius 2 is 1.96 bits per heavy atom. The van der Waals surface area contributed by atoms with Gasteiger partial charge in [-0.2, -0.15) is 13.2 Å². The van der Waals surface area contributed by atoms with Crippen LogP contribution in [0, 0.1) is 22.0 Å². The van der Waals surface area contributed by atoms with E-state index in [-0.39, 0.29) is 10.6 Å². The van der Waals surface area contributed by atoms with Crippen molar-refractivity contribution in [2.45, 2.75) is 6.18 Å². The standard InChI is InChI=1S/C13H10ClF3N2O5/c14-9-3-6(1-2-10(9)19(23)24)11(20)18-4-7(12(21)22)8(5-18)13(15,16)17/h1-3,7-8H,4-5H2,(H,21,22)/t7-,8-/m1/s1. The van der Waals surface area contributed by atoms with Crippen LogP contribution in [0.5, 0.6) is 0 Å². The normalized spacial score (nSPS) is 20.9. The van der Waals surface area contributed by atoms with Crippen molar-refractivity contribution in [3.63, 3.8) is 0 Å². The van der Waals surface area contributed by atoms with Gasteiger partial charge >= 0.3 is 12.1 Å². The molecule has 1 aliphatic rings. The third-order valence-corrected chi connectivity index (χ3v) is 4.04. The summed E-state index contributed by atoms with van der Waals surface area (Å²) < 4.78 is 38.8. The van der Waals surface area contributed by atoms with Gasteiger partial charge < -0.3 is 10.0 Å². The van der Waals surface area contributed by atoms with Crippen LogP contribution in [0.15, 0.2) is 18.2 Å². The van der Waals surface area contributed by atoms with Crippen LogP contribution in [-0.4, -0.2) is 46.1 Å². The Hall–Kier alpha value is -2.36. The molecule has 1 amide bonds. The molecular weight excluding hydrogens is 357 g/mol. The number of alkyl halides is 3. The van der Waals surface area contributed by atoms with Gasteiger partial charge in [0, 0.05) is 24.7 Å². The Bertz CT molecular complexity index is 709. The molecule has 0 saturated carbocycles. The van der Waals surface area contributed by atoms with Crippen molar-refractivity contribution in [2.24, 2.45) is 11.8 Å². The fraction of sp³-hybridized carbons (Fsp3) is 0.385. The van der Waals surface area contributed by atoms with Crippen molar-refractivity contribution >= 4 is 29.2 Å². The van der Waals surface area contributed by atoms with E-state index in [4.69, 9.17) is 16.7 Å². The zero-order valence-corrected chi connectivity index (χ0v) is 12.5. The fourth-order valence-corrected chi connectivity index (χ4v) is 2.77. The maximum absolute atomic E-state index is 12.9. The van der Waals surface area contributed by atoms with Gasteiger partial charge in [-0.15, -0.1) is 0 Å². The van der Waals surface area contributed by atoms with Crippen molar-refractivity contribution in [2.75, 3.05) is 13.1 Å². The van der Waals surface area contributed by atoms with Crippen molar-refractivity contribution in [3.05, 3.63) is 38.9 Å². The second-order valence-electron chi connectivity index (χ2n) is 5.23. The van der Waals surface area contributed by atoms with Crippen molar-refractivity contribution in [1.29, 1.82) is 0 Å². The largest absolute Gasteiger partial charge is 0.481 e. The van der Waals surface area contributed by atoms with Crippen LogP contribution in [0.1, 0.15) is 10.4 Å². The molecule has 24 heavy (non-hydrogen) atoms. The molecule has 0 bridgehead atoms. The van der Waals surface area contributed by atoms with Crippen molar-refractivity contribution in [3.8, 4) is 0 Å². The van der Waals surface area contributed by atoms with Crippen LogP contribution in [-0.2, 0) is 4.79 Å². The predicted molar refractivity (Wildman–Crippen MR) is 74.7 cm³/mol. The molecule has 0 spiro atoms. The van der Waals surface area contributed by atoms with Gasteiger partial charge in [-0.05, 0) is 12.1 Å². The number of amides is 1. The van der Waals surface area contributed by atoms with Crippen LogP contribution in [0.4, 0.5) is 18.9 Å². The number of halogens is 4. The van der Waals surface area contributed by atoms with E-state index in [0.29, 0.717) is 0 Å². The number of hydrogen-bond acceptors (Lipinski definition) is 4. The van der Waals surface area contributed by atoms with Gasteiger partial charge in [0.05, 0.1) is 16.8 Å². The van der Waals surface area contributed by atoms with Gasteiger partial charge in [-0.1, -0.05) is 11.6 Å². The maximum Gasteiger partial charge on any atom is 0.394 e. The molecular formula is C13H10ClF3N2O5. The molecule has 1 fully saturated rings. The number of nitro groups is 1. The lowest BCUT2D eigenvalue weighted by Gasteiger charge is -2.18. The maximum atomic E-state index is 12.9. The first-order chi connectivity index (χ1) is 11.0. The predicted octanol–water partition coefficient (Wildman–Crippen LogP) is 2.58. The van der Waals surface area contributed by atoms with Gasteiger partial charge in [0.2, 0.25) is 0 Å². The van der Waals surface area contributed by atoms with E-state index >= 15 is 0 Å². The van der Waals surface area contributed by atoms with E-state index in [9.17, 15) is 32.9 Å². The van der Waals surface area contributed by atoms with Crippen LogP contribution in [0.25, 0.3) is 0 Å². The molecule has 2 atom stereocenters. The topological polar surface area (TPSA) is 101 Å². The molecule has 11 heteroatoms. The number of carbonyl (C=O) groups excluding carboxylic acids is 1. The van der Waals surface area contributed by atoms with E-state index in [1.165, 1.54) is 0 Å². The highest BCUT2D eigenvalue weighted by Crippen LogP contribution is 2.38. The lowest BCUT2D eigenvalue weighted by molar-refractivity contribution is -0.384. The highest BCUT2D eigenvalue weighted by molar-refractivity contribution is 6.33. The molecule has 1 saturated heterocycles. The quantitative estimate of drug-likeness (QED) is 0.654. The highest BCUT2D eigenvalue weighted by atomic mass is 35.5. The van der Waals surface area contributed by atoms with E-state index in [1.54, 1.807) is 0 Å². The summed E-state index contributed by atoms with van der Waals surface area (Å²) >= 11 is 5.67. The molecule has 0 unspecified atom stereocenters. The number of rotatable bonds is 3. The summed E-state index contributed by atoms with van der Waals surface area (Å²) in [6.45, 7) is -1.40. The number of nitro benzene ring substituents is 1. The molecule has 1 heterocycles. The summed E-state index contributed by atoms with van der Waals surface area (Å²) in [7, 11) is 0. The second-order valence-corrected chi connectivity index (χ2v) is 5.63. The Morgan fingerprint density at radius 3 is 2.38 bits per heavy atom. The van der Waals surface area contributed by atoms with Gasteiger partial charge in [-0.25, -0.2) is 0 Å². The Labute approximate surface area is 137 Å². The number of aliphatic carboxylic acids is 1. The lowest BCUT2D eigenvalue weighted by atomic mass is 9.96. The fourth-order valence-electron chi connectivity index (χ4n) is 2.52.